The maximum Gasteiger partial charge on any atom is 0.123 e. The van der Waals surface area contributed by atoms with Crippen molar-refractivity contribution in [1.82, 2.24) is 25.3 Å². The molecule has 1 aliphatic rings. The van der Waals surface area contributed by atoms with Crippen molar-refractivity contribution in [3.8, 4) is 23.1 Å². The van der Waals surface area contributed by atoms with Crippen molar-refractivity contribution in [2.45, 2.75) is 26.9 Å². The predicted molar refractivity (Wildman–Crippen MR) is 137 cm³/mol. The summed E-state index contributed by atoms with van der Waals surface area (Å²) >= 11 is 0. The number of nitrogens with one attached hydrogen (secondary N) is 1. The normalized spacial score (nSPS) is 15.2. The van der Waals surface area contributed by atoms with Gasteiger partial charge in [0, 0.05) is 48.4 Å². The van der Waals surface area contributed by atoms with Gasteiger partial charge in [-0.15, -0.1) is 0 Å². The highest BCUT2D eigenvalue weighted by molar-refractivity contribution is 5.94. The van der Waals surface area contributed by atoms with Gasteiger partial charge in [0.05, 0.1) is 29.0 Å². The van der Waals surface area contributed by atoms with Crippen molar-refractivity contribution in [2.75, 3.05) is 38.1 Å². The number of piperazine rings is 1. The number of benzene rings is 2. The molecule has 0 radical (unpaired) electrons. The molecule has 8 nitrogen and oxygen atoms in total. The number of anilines is 1. The molecule has 1 saturated heterocycles. The molecule has 1 atom stereocenters. The Morgan fingerprint density at radius 1 is 1.09 bits per heavy atom. The summed E-state index contributed by atoms with van der Waals surface area (Å²) in [6, 6.07) is 14.3. The number of aromatic amines is 1. The van der Waals surface area contributed by atoms with Crippen LogP contribution in [0.4, 0.5) is 5.69 Å². The fourth-order valence-electron chi connectivity index (χ4n) is 4.83. The second-order valence-electron chi connectivity index (χ2n) is 9.24. The highest BCUT2D eigenvalue weighted by atomic mass is 16.5. The number of likely N-dealkylation sites (N-methyl/N-ethyl adjacent to an activating group) is 1. The lowest BCUT2D eigenvalue weighted by atomic mass is 10.0. The lowest BCUT2D eigenvalue weighted by Crippen LogP contribution is -2.44. The van der Waals surface area contributed by atoms with Gasteiger partial charge in [-0.05, 0) is 69.8 Å². The van der Waals surface area contributed by atoms with Gasteiger partial charge < -0.3 is 14.5 Å². The largest absolute Gasteiger partial charge is 0.486 e. The Hall–Kier alpha value is -3.96. The van der Waals surface area contributed by atoms with Crippen LogP contribution < -0.4 is 9.64 Å². The van der Waals surface area contributed by atoms with Gasteiger partial charge in [-0.1, -0.05) is 0 Å². The van der Waals surface area contributed by atoms with E-state index in [1.807, 2.05) is 51.1 Å². The number of hydrogen-bond donors (Lipinski definition) is 1. The van der Waals surface area contributed by atoms with Crippen LogP contribution in [0, 0.1) is 25.2 Å². The number of aryl methyl sites for hydroxylation is 2. The molecule has 0 spiro atoms. The topological polar surface area (TPSA) is 94.0 Å². The summed E-state index contributed by atoms with van der Waals surface area (Å²) in [5.41, 5.74) is 7.30. The summed E-state index contributed by atoms with van der Waals surface area (Å²) in [5.74, 6) is 0.749. The van der Waals surface area contributed by atoms with Crippen molar-refractivity contribution in [2.24, 2.45) is 0 Å². The second-order valence-corrected chi connectivity index (χ2v) is 9.24. The monoisotopic (exact) mass is 467 g/mol. The number of hydrogen-bond acceptors (Lipinski definition) is 7. The van der Waals surface area contributed by atoms with Crippen LogP contribution in [0.3, 0.4) is 0 Å². The summed E-state index contributed by atoms with van der Waals surface area (Å²) in [5, 5.41) is 26.6. The van der Waals surface area contributed by atoms with Crippen LogP contribution in [0.1, 0.15) is 35.4 Å². The molecule has 0 saturated carbocycles. The molecule has 2 aromatic heterocycles. The first-order chi connectivity index (χ1) is 16.9. The van der Waals surface area contributed by atoms with Crippen LogP contribution in [0.15, 0.2) is 42.6 Å². The van der Waals surface area contributed by atoms with Crippen LogP contribution in [-0.4, -0.2) is 58.5 Å². The van der Waals surface area contributed by atoms with Crippen molar-refractivity contribution in [3.05, 3.63) is 65.0 Å². The fraction of sp³-hybridized carbons (Fsp3) is 0.333. The molecule has 35 heavy (non-hydrogen) atoms. The molecule has 2 aromatic carbocycles. The Kier molecular flexibility index (Phi) is 6.10. The highest BCUT2D eigenvalue weighted by Gasteiger charge is 2.19. The predicted octanol–water partition coefficient (Wildman–Crippen LogP) is 4.40. The van der Waals surface area contributed by atoms with E-state index in [9.17, 15) is 5.26 Å². The first-order valence-corrected chi connectivity index (χ1v) is 11.9. The van der Waals surface area contributed by atoms with Crippen LogP contribution in [0.25, 0.3) is 22.2 Å². The molecule has 3 heterocycles. The van der Waals surface area contributed by atoms with Gasteiger partial charge in [0.1, 0.15) is 17.5 Å². The molecule has 0 bridgehead atoms. The smallest absolute Gasteiger partial charge is 0.123 e. The number of aromatic nitrogens is 4. The van der Waals surface area contributed by atoms with Crippen molar-refractivity contribution >= 4 is 16.6 Å². The third-order valence-corrected chi connectivity index (χ3v) is 6.72. The van der Waals surface area contributed by atoms with E-state index >= 15 is 0 Å². The Morgan fingerprint density at radius 2 is 1.89 bits per heavy atom. The van der Waals surface area contributed by atoms with E-state index < -0.39 is 0 Å². The van der Waals surface area contributed by atoms with E-state index in [4.69, 9.17) is 4.74 Å². The molecule has 178 valence electrons. The minimum Gasteiger partial charge on any atom is -0.486 e. The number of fused-ring (bicyclic) bond motifs is 1. The fourth-order valence-corrected chi connectivity index (χ4v) is 4.83. The minimum absolute atomic E-state index is 0.177. The zero-order chi connectivity index (χ0) is 24.5. The molecule has 8 heteroatoms. The summed E-state index contributed by atoms with van der Waals surface area (Å²) in [6.45, 7) is 9.87. The molecule has 1 fully saturated rings. The Balaban J connectivity index is 1.49. The molecule has 1 aliphatic heterocycles. The first-order valence-electron chi connectivity index (χ1n) is 11.9. The third-order valence-electron chi connectivity index (χ3n) is 6.72. The summed E-state index contributed by atoms with van der Waals surface area (Å²) in [4.78, 5) is 4.66. The van der Waals surface area contributed by atoms with E-state index in [1.165, 1.54) is 0 Å². The lowest BCUT2D eigenvalue weighted by Gasteiger charge is -2.34. The average Bonchev–Trinajstić information content (AvgIpc) is 3.27. The number of ether oxygens (including phenoxy) is 1. The summed E-state index contributed by atoms with van der Waals surface area (Å²) < 4.78 is 6.33. The van der Waals surface area contributed by atoms with E-state index in [0.717, 1.165) is 76.6 Å². The van der Waals surface area contributed by atoms with E-state index in [0.29, 0.717) is 5.56 Å². The summed E-state index contributed by atoms with van der Waals surface area (Å²) in [7, 11) is 2.14. The van der Waals surface area contributed by atoms with E-state index in [-0.39, 0.29) is 6.10 Å². The van der Waals surface area contributed by atoms with E-state index in [2.05, 4.69) is 49.4 Å². The maximum atomic E-state index is 9.70. The van der Waals surface area contributed by atoms with Gasteiger partial charge >= 0.3 is 0 Å². The molecule has 0 amide bonds. The standard InChI is InChI=1S/C27H29N7O/c1-17-16-29-30-18(2)26(17)19(3)35-23-5-6-25-24(14-23)27(32-31-25)21-11-20(15-28)12-22(13-21)34-9-7-33(4)8-10-34/h5-6,11-14,16,19H,7-10H2,1-4H3,(H,31,32)/t19-/m0/s1. The van der Waals surface area contributed by atoms with Gasteiger partial charge in [-0.25, -0.2) is 0 Å². The highest BCUT2D eigenvalue weighted by Crippen LogP contribution is 2.34. The Bertz CT molecular complexity index is 1390. The molecule has 0 aliphatic carbocycles. The number of nitriles is 1. The quantitative estimate of drug-likeness (QED) is 0.465. The zero-order valence-corrected chi connectivity index (χ0v) is 20.5. The van der Waals surface area contributed by atoms with Crippen molar-refractivity contribution < 1.29 is 4.74 Å². The Labute approximate surface area is 205 Å². The molecule has 4 aromatic rings. The van der Waals surface area contributed by atoms with Gasteiger partial charge in [-0.2, -0.15) is 20.6 Å². The van der Waals surface area contributed by atoms with Crippen molar-refractivity contribution in [1.29, 1.82) is 5.26 Å². The second kappa shape index (κ2) is 9.35. The summed E-state index contributed by atoms with van der Waals surface area (Å²) in [6.07, 6.45) is 1.59. The van der Waals surface area contributed by atoms with Gasteiger partial charge in [0.15, 0.2) is 0 Å². The first kappa shape index (κ1) is 22.8. The Morgan fingerprint density at radius 3 is 2.63 bits per heavy atom. The van der Waals surface area contributed by atoms with Gasteiger partial charge in [0.25, 0.3) is 0 Å². The lowest BCUT2D eigenvalue weighted by molar-refractivity contribution is 0.225. The molecular formula is C27H29N7O. The maximum absolute atomic E-state index is 9.70. The number of H-pyrrole nitrogens is 1. The number of rotatable bonds is 5. The van der Waals surface area contributed by atoms with Gasteiger partial charge in [-0.3, -0.25) is 5.10 Å². The third kappa shape index (κ3) is 4.55. The van der Waals surface area contributed by atoms with E-state index in [1.54, 1.807) is 6.20 Å². The van der Waals surface area contributed by atoms with Crippen LogP contribution >= 0.6 is 0 Å². The van der Waals surface area contributed by atoms with Gasteiger partial charge in [0.2, 0.25) is 0 Å². The molecule has 1 N–H and O–H groups in total. The molecule has 0 unspecified atom stereocenters. The van der Waals surface area contributed by atoms with Crippen molar-refractivity contribution in [3.63, 3.8) is 0 Å². The van der Waals surface area contributed by atoms with Crippen LogP contribution in [0.2, 0.25) is 0 Å². The SMILES string of the molecule is Cc1cnnc(C)c1[C@H](C)Oc1ccc2[nH]nc(-c3cc(C#N)cc(N4CCN(C)CC4)c3)c2c1. The zero-order valence-electron chi connectivity index (χ0n) is 20.5. The number of nitrogens with zero attached hydrogens (tertiary/aromatic N) is 6. The molecule has 5 rings (SSSR count). The van der Waals surface area contributed by atoms with Crippen LogP contribution in [0.5, 0.6) is 5.75 Å². The average molecular weight is 468 g/mol. The van der Waals surface area contributed by atoms with Crippen LogP contribution in [-0.2, 0) is 0 Å². The minimum atomic E-state index is -0.177. The molecular weight excluding hydrogens is 438 g/mol.